The summed E-state index contributed by atoms with van der Waals surface area (Å²) in [5.74, 6) is -0.678. The van der Waals surface area contributed by atoms with Crippen LogP contribution in [0.1, 0.15) is 58.9 Å². The minimum absolute atomic E-state index is 0.0312. The van der Waals surface area contributed by atoms with E-state index in [0.29, 0.717) is 6.04 Å². The van der Waals surface area contributed by atoms with Crippen molar-refractivity contribution in [3.05, 3.63) is 78.4 Å². The Balaban J connectivity index is 1.67. The summed E-state index contributed by atoms with van der Waals surface area (Å²) in [7, 11) is -4.02. The fraction of sp³-hybridized carbons (Fsp3) is 0.486. The minimum Gasteiger partial charge on any atom is -0.390 e. The summed E-state index contributed by atoms with van der Waals surface area (Å²) < 4.78 is 29.5. The van der Waals surface area contributed by atoms with Crippen LogP contribution >= 0.6 is 0 Å². The van der Waals surface area contributed by atoms with Crippen LogP contribution in [0, 0.1) is 11.8 Å². The molecular weight excluding hydrogens is 588 g/mol. The zero-order valence-corrected chi connectivity index (χ0v) is 27.7. The van der Waals surface area contributed by atoms with Crippen molar-refractivity contribution in [1.29, 1.82) is 0 Å². The lowest BCUT2D eigenvalue weighted by Crippen LogP contribution is -2.60. The van der Waals surface area contributed by atoms with Crippen LogP contribution in [0.3, 0.4) is 0 Å². The van der Waals surface area contributed by atoms with E-state index < -0.39 is 22.2 Å². The summed E-state index contributed by atoms with van der Waals surface area (Å²) in [4.78, 5) is 27.0. The van der Waals surface area contributed by atoms with Gasteiger partial charge in [0.15, 0.2) is 0 Å². The van der Waals surface area contributed by atoms with Gasteiger partial charge in [-0.2, -0.15) is 4.31 Å². The van der Waals surface area contributed by atoms with Gasteiger partial charge in [0.2, 0.25) is 15.9 Å². The molecule has 0 aromatic heterocycles. The van der Waals surface area contributed by atoms with Gasteiger partial charge in [0.05, 0.1) is 23.6 Å². The molecule has 0 spiro atoms. The Bertz CT molecular complexity index is 1530. The number of hydrogen-bond donors (Lipinski definition) is 3. The van der Waals surface area contributed by atoms with Gasteiger partial charge in [0, 0.05) is 25.6 Å². The second kappa shape index (κ2) is 15.8. The van der Waals surface area contributed by atoms with Crippen LogP contribution in [0.2, 0.25) is 0 Å². The number of rotatable bonds is 16. The topological polar surface area (TPSA) is 119 Å². The van der Waals surface area contributed by atoms with Crippen LogP contribution in [-0.2, 0) is 26.0 Å². The SMILES string of the molecule is CC[C@H](C)CC(=O)N(NC(=O)CNC1CC1)C(Cc1ccccc1)[C@H](O)CN(CC(C)C)S(=O)(=O)c1ccc2ccccc2c1. The number of aliphatic hydroxyl groups is 1. The number of benzene rings is 3. The van der Waals surface area contributed by atoms with Gasteiger partial charge in [0.1, 0.15) is 0 Å². The quantitative estimate of drug-likeness (QED) is 0.199. The van der Waals surface area contributed by atoms with Gasteiger partial charge in [-0.25, -0.2) is 13.4 Å². The highest BCUT2D eigenvalue weighted by atomic mass is 32.2. The lowest BCUT2D eigenvalue weighted by Gasteiger charge is -2.37. The largest absolute Gasteiger partial charge is 0.390 e. The van der Waals surface area contributed by atoms with Crippen molar-refractivity contribution < 1.29 is 23.1 Å². The Morgan fingerprint density at radius 1 is 0.933 bits per heavy atom. The van der Waals surface area contributed by atoms with Crippen molar-refractivity contribution in [2.24, 2.45) is 11.8 Å². The van der Waals surface area contributed by atoms with Gasteiger partial charge in [-0.3, -0.25) is 15.0 Å². The summed E-state index contributed by atoms with van der Waals surface area (Å²) in [6.07, 6.45) is 1.88. The Morgan fingerprint density at radius 3 is 2.24 bits per heavy atom. The third-order valence-corrected chi connectivity index (χ3v) is 10.1. The molecule has 10 heteroatoms. The Kier molecular flexibility index (Phi) is 12.1. The first-order chi connectivity index (χ1) is 21.5. The molecule has 3 aromatic carbocycles. The van der Waals surface area contributed by atoms with E-state index >= 15 is 0 Å². The van der Waals surface area contributed by atoms with Crippen LogP contribution in [0.15, 0.2) is 77.7 Å². The highest BCUT2D eigenvalue weighted by Gasteiger charge is 2.36. The summed E-state index contributed by atoms with van der Waals surface area (Å²) >= 11 is 0. The molecule has 1 fully saturated rings. The molecule has 0 saturated heterocycles. The van der Waals surface area contributed by atoms with E-state index in [4.69, 9.17) is 0 Å². The number of aliphatic hydroxyl groups excluding tert-OH is 1. The Hall–Kier alpha value is -3.31. The highest BCUT2D eigenvalue weighted by molar-refractivity contribution is 7.89. The molecule has 3 aromatic rings. The lowest BCUT2D eigenvalue weighted by atomic mass is 9.98. The number of sulfonamides is 1. The van der Waals surface area contributed by atoms with Gasteiger partial charge in [-0.15, -0.1) is 0 Å². The fourth-order valence-electron chi connectivity index (χ4n) is 5.31. The minimum atomic E-state index is -4.02. The van der Waals surface area contributed by atoms with E-state index in [1.54, 1.807) is 18.2 Å². The number of hydrazine groups is 1. The number of fused-ring (bicyclic) bond motifs is 1. The van der Waals surface area contributed by atoms with Crippen LogP contribution in [0.25, 0.3) is 10.8 Å². The number of amides is 2. The highest BCUT2D eigenvalue weighted by Crippen LogP contribution is 2.25. The average Bonchev–Trinajstić information content (AvgIpc) is 3.86. The van der Waals surface area contributed by atoms with Gasteiger partial charge < -0.3 is 10.4 Å². The first-order valence-electron chi connectivity index (χ1n) is 16.0. The predicted molar refractivity (Wildman–Crippen MR) is 178 cm³/mol. The molecule has 1 aliphatic carbocycles. The standard InChI is InChI=1S/C35H48N4O5S/c1-5-26(4)19-35(42)39(37-34(41)22-36-30-16-17-30)32(20-27-11-7-6-8-12-27)33(40)24-38(23-25(2)3)45(43,44)31-18-15-28-13-9-10-14-29(28)21-31/h6-15,18,21,25-26,30,32-33,36,40H,5,16-17,19-20,22-24H2,1-4H3,(H,37,41)/t26-,32?,33+/m0/s1. The van der Waals surface area contributed by atoms with Gasteiger partial charge in [-0.1, -0.05) is 94.8 Å². The third kappa shape index (κ3) is 9.84. The predicted octanol–water partition coefficient (Wildman–Crippen LogP) is 4.51. The van der Waals surface area contributed by atoms with E-state index in [0.717, 1.165) is 35.6 Å². The maximum Gasteiger partial charge on any atom is 0.252 e. The van der Waals surface area contributed by atoms with Crippen molar-refractivity contribution in [3.63, 3.8) is 0 Å². The van der Waals surface area contributed by atoms with E-state index in [-0.39, 0.29) is 61.0 Å². The molecular formula is C35H48N4O5S. The zero-order valence-electron chi connectivity index (χ0n) is 26.9. The molecule has 1 saturated carbocycles. The van der Waals surface area contributed by atoms with Gasteiger partial charge in [0.25, 0.3) is 5.91 Å². The molecule has 244 valence electrons. The van der Waals surface area contributed by atoms with Crippen molar-refractivity contribution in [1.82, 2.24) is 20.1 Å². The van der Waals surface area contributed by atoms with Crippen molar-refractivity contribution in [3.8, 4) is 0 Å². The van der Waals surface area contributed by atoms with Crippen molar-refractivity contribution >= 4 is 32.6 Å². The van der Waals surface area contributed by atoms with Gasteiger partial charge in [-0.05, 0) is 59.6 Å². The molecule has 0 bridgehead atoms. The first-order valence-corrected chi connectivity index (χ1v) is 17.5. The molecule has 9 nitrogen and oxygen atoms in total. The summed E-state index contributed by atoms with van der Waals surface area (Å²) in [5, 5.41) is 18.1. The number of nitrogens with zero attached hydrogens (tertiary/aromatic N) is 2. The average molecular weight is 637 g/mol. The molecule has 45 heavy (non-hydrogen) atoms. The molecule has 0 heterocycles. The number of carbonyl (C=O) groups is 2. The molecule has 4 rings (SSSR count). The molecule has 3 atom stereocenters. The van der Waals surface area contributed by atoms with Crippen LogP contribution in [0.5, 0.6) is 0 Å². The lowest BCUT2D eigenvalue weighted by molar-refractivity contribution is -0.148. The normalized spacial score (nSPS) is 15.6. The Labute approximate surface area is 268 Å². The van der Waals surface area contributed by atoms with E-state index in [2.05, 4.69) is 10.7 Å². The van der Waals surface area contributed by atoms with E-state index in [9.17, 15) is 23.1 Å². The zero-order chi connectivity index (χ0) is 32.6. The summed E-state index contributed by atoms with van der Waals surface area (Å²) in [6.45, 7) is 7.77. The third-order valence-electron chi connectivity index (χ3n) is 8.24. The summed E-state index contributed by atoms with van der Waals surface area (Å²) in [5.41, 5.74) is 3.64. The molecule has 3 N–H and O–H groups in total. The van der Waals surface area contributed by atoms with E-state index in [1.165, 1.54) is 9.31 Å². The molecule has 1 aliphatic rings. The Morgan fingerprint density at radius 2 is 1.60 bits per heavy atom. The molecule has 2 amide bonds. The maximum absolute atomic E-state index is 14.1. The van der Waals surface area contributed by atoms with Gasteiger partial charge >= 0.3 is 0 Å². The first kappa shape index (κ1) is 34.6. The number of nitrogens with one attached hydrogen (secondary N) is 2. The number of carbonyl (C=O) groups excluding carboxylic acids is 2. The molecule has 0 radical (unpaired) electrons. The van der Waals surface area contributed by atoms with Crippen LogP contribution < -0.4 is 10.7 Å². The maximum atomic E-state index is 14.1. The second-order valence-electron chi connectivity index (χ2n) is 12.7. The summed E-state index contributed by atoms with van der Waals surface area (Å²) in [6, 6.07) is 21.4. The molecule has 0 aliphatic heterocycles. The second-order valence-corrected chi connectivity index (χ2v) is 14.7. The number of hydrogen-bond acceptors (Lipinski definition) is 6. The molecule has 1 unspecified atom stereocenters. The van der Waals surface area contributed by atoms with Crippen molar-refractivity contribution in [2.45, 2.75) is 82.9 Å². The monoisotopic (exact) mass is 636 g/mol. The van der Waals surface area contributed by atoms with Crippen LogP contribution in [0.4, 0.5) is 0 Å². The fourth-order valence-corrected chi connectivity index (χ4v) is 6.97. The van der Waals surface area contributed by atoms with Crippen LogP contribution in [-0.4, -0.2) is 72.5 Å². The van der Waals surface area contributed by atoms with Crippen molar-refractivity contribution in [2.75, 3.05) is 19.6 Å². The smallest absolute Gasteiger partial charge is 0.252 e. The van der Waals surface area contributed by atoms with E-state index in [1.807, 2.05) is 82.3 Å².